The maximum Gasteiger partial charge on any atom is 0.247 e. The number of aryl methyl sites for hydroxylation is 2. The van der Waals surface area contributed by atoms with Gasteiger partial charge in [-0.1, -0.05) is 30.9 Å². The number of H-pyrrole nitrogens is 1. The van der Waals surface area contributed by atoms with E-state index < -0.39 is 0 Å². The number of methoxy groups -OCH3 is 1. The van der Waals surface area contributed by atoms with E-state index in [4.69, 9.17) is 17.0 Å². The second-order valence-corrected chi connectivity index (χ2v) is 7.19. The Morgan fingerprint density at radius 1 is 1.18 bits per heavy atom. The molecule has 28 heavy (non-hydrogen) atoms. The molecular weight excluding hydrogens is 368 g/mol. The monoisotopic (exact) mass is 392 g/mol. The van der Waals surface area contributed by atoms with Crippen LogP contribution in [0.15, 0.2) is 61.3 Å². The van der Waals surface area contributed by atoms with Gasteiger partial charge in [0.1, 0.15) is 5.75 Å². The fourth-order valence-corrected chi connectivity index (χ4v) is 3.49. The quantitative estimate of drug-likeness (QED) is 0.387. The molecule has 0 saturated carbocycles. The lowest BCUT2D eigenvalue weighted by atomic mass is 10.0. The summed E-state index contributed by atoms with van der Waals surface area (Å²) in [5, 5.41) is 4.05. The van der Waals surface area contributed by atoms with E-state index in [-0.39, 0.29) is 5.91 Å². The first kappa shape index (κ1) is 19.8. The van der Waals surface area contributed by atoms with Crippen LogP contribution in [-0.4, -0.2) is 22.9 Å². The van der Waals surface area contributed by atoms with E-state index in [9.17, 15) is 4.79 Å². The number of hydrogen-bond acceptors (Lipinski definition) is 3. The molecule has 0 saturated heterocycles. The molecule has 1 aromatic heterocycles. The first-order valence-electron chi connectivity index (χ1n) is 9.27. The molecule has 0 aliphatic heterocycles. The molecule has 0 radical (unpaired) electrons. The number of anilines is 1. The molecule has 2 aromatic carbocycles. The summed E-state index contributed by atoms with van der Waals surface area (Å²) in [6.45, 7) is 3.48. The summed E-state index contributed by atoms with van der Waals surface area (Å²) >= 11 is 5.62. The smallest absolute Gasteiger partial charge is 0.247 e. The summed E-state index contributed by atoms with van der Waals surface area (Å²) in [4.78, 5) is 15.8. The van der Waals surface area contributed by atoms with Crippen LogP contribution in [-0.2, 0) is 17.6 Å². The lowest BCUT2D eigenvalue weighted by Crippen LogP contribution is -2.08. The van der Waals surface area contributed by atoms with Crippen LogP contribution in [0.25, 0.3) is 10.9 Å². The molecule has 2 N–H and O–H groups in total. The third kappa shape index (κ3) is 4.87. The maximum atomic E-state index is 11.5. The van der Waals surface area contributed by atoms with Crippen molar-refractivity contribution in [3.8, 4) is 5.75 Å². The van der Waals surface area contributed by atoms with Crippen LogP contribution in [0, 0.1) is 0 Å². The second kappa shape index (κ2) is 9.33. The largest absolute Gasteiger partial charge is 0.496 e. The van der Waals surface area contributed by atoms with E-state index in [0.29, 0.717) is 0 Å². The first-order valence-corrected chi connectivity index (χ1v) is 9.68. The zero-order valence-corrected chi connectivity index (χ0v) is 16.8. The Morgan fingerprint density at radius 3 is 2.71 bits per heavy atom. The van der Waals surface area contributed by atoms with Crippen molar-refractivity contribution in [2.24, 2.45) is 0 Å². The van der Waals surface area contributed by atoms with Crippen molar-refractivity contribution in [1.29, 1.82) is 0 Å². The molecule has 0 bridgehead atoms. The molecule has 0 fully saturated rings. The zero-order chi connectivity index (χ0) is 19.9. The minimum atomic E-state index is -0.231. The molecule has 4 nitrogen and oxygen atoms in total. The minimum Gasteiger partial charge on any atom is -0.496 e. The topological polar surface area (TPSA) is 54.1 Å². The fourth-order valence-electron chi connectivity index (χ4n) is 3.29. The van der Waals surface area contributed by atoms with Crippen LogP contribution < -0.4 is 10.1 Å². The average molecular weight is 393 g/mol. The van der Waals surface area contributed by atoms with E-state index in [0.717, 1.165) is 53.1 Å². The van der Waals surface area contributed by atoms with E-state index in [2.05, 4.69) is 41.1 Å². The minimum absolute atomic E-state index is 0.231. The Balaban J connectivity index is 1.60. The van der Waals surface area contributed by atoms with Crippen molar-refractivity contribution in [1.82, 2.24) is 4.98 Å². The van der Waals surface area contributed by atoms with Crippen LogP contribution in [0.3, 0.4) is 0 Å². The lowest BCUT2D eigenvalue weighted by molar-refractivity contribution is -0.111. The maximum absolute atomic E-state index is 11.5. The third-order valence-corrected chi connectivity index (χ3v) is 5.17. The summed E-state index contributed by atoms with van der Waals surface area (Å²) in [5.74, 6) is 0.571. The van der Waals surface area contributed by atoms with Gasteiger partial charge in [0.2, 0.25) is 5.91 Å². The second-order valence-electron chi connectivity index (χ2n) is 6.61. The molecule has 0 aliphatic rings. The van der Waals surface area contributed by atoms with E-state index in [1.165, 1.54) is 17.0 Å². The Morgan fingerprint density at radius 2 is 1.96 bits per heavy atom. The number of benzene rings is 2. The molecule has 0 unspecified atom stereocenters. The number of carbonyl (C=O) groups excluding carboxylic acids is 1. The number of aromatic nitrogens is 1. The van der Waals surface area contributed by atoms with Crippen LogP contribution in [0.4, 0.5) is 5.69 Å². The van der Waals surface area contributed by atoms with Crippen molar-refractivity contribution in [3.05, 3.63) is 72.4 Å². The van der Waals surface area contributed by atoms with Crippen LogP contribution in [0.2, 0.25) is 0 Å². The number of hydrogen-bond donors (Lipinski definition) is 2. The number of carbonyl (C=O) groups is 1. The Bertz CT molecular complexity index is 1010. The van der Waals surface area contributed by atoms with Crippen LogP contribution >= 0.6 is 12.2 Å². The normalized spacial score (nSPS) is 10.6. The molecule has 0 spiro atoms. The lowest BCUT2D eigenvalue weighted by Gasteiger charge is -2.12. The number of aromatic amines is 1. The highest BCUT2D eigenvalue weighted by molar-refractivity contribution is 7.80. The van der Waals surface area contributed by atoms with Gasteiger partial charge in [0, 0.05) is 22.8 Å². The third-order valence-electron chi connectivity index (χ3n) is 4.76. The molecule has 1 amide bonds. The van der Waals surface area contributed by atoms with Gasteiger partial charge in [0.15, 0.2) is 0 Å². The molecule has 144 valence electrons. The Hall–Kier alpha value is -2.92. The van der Waals surface area contributed by atoms with Crippen molar-refractivity contribution in [2.75, 3.05) is 12.4 Å². The molecule has 1 heterocycles. The molecule has 5 heteroatoms. The first-order chi connectivity index (χ1) is 13.6. The highest BCUT2D eigenvalue weighted by atomic mass is 32.1. The molecule has 3 rings (SSSR count). The Labute approximate surface area is 170 Å². The van der Waals surface area contributed by atoms with E-state index in [1.54, 1.807) is 7.11 Å². The van der Waals surface area contributed by atoms with E-state index >= 15 is 0 Å². The standard InChI is InChI=1S/C23H24N2O2S/c1-3-23(26)25-18-9-12-22(27-2)17(15-18)8-11-19(28)10-7-16-5-4-6-21-20(16)13-14-24-21/h3-6,9,12-15,24H,1,7-8,10-11H2,2H3,(H,25,26). The van der Waals surface area contributed by atoms with Gasteiger partial charge in [-0.15, -0.1) is 0 Å². The summed E-state index contributed by atoms with van der Waals surface area (Å²) in [6, 6.07) is 14.1. The zero-order valence-electron chi connectivity index (χ0n) is 16.0. The summed E-state index contributed by atoms with van der Waals surface area (Å²) in [7, 11) is 1.65. The van der Waals surface area contributed by atoms with Crippen molar-refractivity contribution < 1.29 is 9.53 Å². The molecule has 0 atom stereocenters. The number of thiocarbonyl (C=S) groups is 1. The van der Waals surface area contributed by atoms with Crippen LogP contribution in [0.5, 0.6) is 5.75 Å². The van der Waals surface area contributed by atoms with Gasteiger partial charge in [-0.2, -0.15) is 0 Å². The van der Waals surface area contributed by atoms with E-state index in [1.807, 2.05) is 24.4 Å². The van der Waals surface area contributed by atoms with Gasteiger partial charge < -0.3 is 15.0 Å². The van der Waals surface area contributed by atoms with Crippen molar-refractivity contribution in [2.45, 2.75) is 25.7 Å². The highest BCUT2D eigenvalue weighted by Gasteiger charge is 2.09. The van der Waals surface area contributed by atoms with Gasteiger partial charge in [-0.3, -0.25) is 4.79 Å². The SMILES string of the molecule is C=CC(=O)Nc1ccc(OC)c(CCC(=S)CCc2cccc3[nH]ccc23)c1. The van der Waals surface area contributed by atoms with Crippen molar-refractivity contribution >= 4 is 39.6 Å². The number of nitrogens with one attached hydrogen (secondary N) is 2. The number of amides is 1. The highest BCUT2D eigenvalue weighted by Crippen LogP contribution is 2.25. The fraction of sp³-hybridized carbons (Fsp3) is 0.217. The predicted molar refractivity (Wildman–Crippen MR) is 119 cm³/mol. The van der Waals surface area contributed by atoms with Gasteiger partial charge in [0.25, 0.3) is 0 Å². The van der Waals surface area contributed by atoms with Gasteiger partial charge in [0.05, 0.1) is 7.11 Å². The summed E-state index contributed by atoms with van der Waals surface area (Å²) < 4.78 is 5.45. The molecule has 0 aliphatic carbocycles. The Kier molecular flexibility index (Phi) is 6.61. The van der Waals surface area contributed by atoms with Crippen molar-refractivity contribution in [3.63, 3.8) is 0 Å². The molecule has 3 aromatic rings. The predicted octanol–water partition coefficient (Wildman–Crippen LogP) is 5.24. The van der Waals surface area contributed by atoms with Gasteiger partial charge in [-0.25, -0.2) is 0 Å². The molecular formula is C23H24N2O2S. The summed E-state index contributed by atoms with van der Waals surface area (Å²) in [5.41, 5.74) is 4.23. The van der Waals surface area contributed by atoms with Gasteiger partial charge in [-0.05, 0) is 78.1 Å². The number of fused-ring (bicyclic) bond motifs is 1. The van der Waals surface area contributed by atoms with Gasteiger partial charge >= 0.3 is 0 Å². The average Bonchev–Trinajstić information content (AvgIpc) is 3.20. The summed E-state index contributed by atoms with van der Waals surface area (Å²) in [6.07, 6.45) is 6.60. The number of rotatable bonds is 9. The van der Waals surface area contributed by atoms with Crippen LogP contribution in [0.1, 0.15) is 24.0 Å². The number of ether oxygens (including phenoxy) is 1.